The SMILES string of the molecule is CCCOC12C=CC=CC1(OC)O2. The molecule has 0 spiro atoms. The number of hydrogen-bond acceptors (Lipinski definition) is 3. The molecule has 13 heavy (non-hydrogen) atoms. The van der Waals surface area contributed by atoms with Crippen LogP contribution in [0.3, 0.4) is 0 Å². The lowest BCUT2D eigenvalue weighted by Gasteiger charge is -2.15. The largest absolute Gasteiger partial charge is 0.345 e. The Bertz CT molecular complexity index is 259. The summed E-state index contributed by atoms with van der Waals surface area (Å²) in [7, 11) is 1.63. The van der Waals surface area contributed by atoms with Crippen LogP contribution < -0.4 is 0 Å². The van der Waals surface area contributed by atoms with Crippen molar-refractivity contribution in [1.82, 2.24) is 0 Å². The third kappa shape index (κ3) is 1.15. The van der Waals surface area contributed by atoms with E-state index in [0.717, 1.165) is 6.42 Å². The Morgan fingerprint density at radius 2 is 1.92 bits per heavy atom. The zero-order valence-corrected chi connectivity index (χ0v) is 7.95. The van der Waals surface area contributed by atoms with Gasteiger partial charge >= 0.3 is 0 Å². The van der Waals surface area contributed by atoms with Gasteiger partial charge in [-0.1, -0.05) is 19.1 Å². The summed E-state index contributed by atoms with van der Waals surface area (Å²) in [5.41, 5.74) is 0. The van der Waals surface area contributed by atoms with E-state index in [1.807, 2.05) is 24.3 Å². The number of allylic oxidation sites excluding steroid dienone is 2. The molecule has 0 amide bonds. The van der Waals surface area contributed by atoms with E-state index in [2.05, 4.69) is 6.92 Å². The van der Waals surface area contributed by atoms with Crippen LogP contribution in [0.5, 0.6) is 0 Å². The van der Waals surface area contributed by atoms with Gasteiger partial charge in [0.15, 0.2) is 0 Å². The molecule has 0 aromatic rings. The predicted molar refractivity (Wildman–Crippen MR) is 48.1 cm³/mol. The number of methoxy groups -OCH3 is 1. The van der Waals surface area contributed by atoms with Crippen LogP contribution in [0.25, 0.3) is 0 Å². The average Bonchev–Trinajstić information content (AvgIpc) is 2.85. The summed E-state index contributed by atoms with van der Waals surface area (Å²) in [6.45, 7) is 2.75. The molecule has 0 aromatic carbocycles. The van der Waals surface area contributed by atoms with E-state index >= 15 is 0 Å². The van der Waals surface area contributed by atoms with E-state index in [1.54, 1.807) is 7.11 Å². The summed E-state index contributed by atoms with van der Waals surface area (Å²) in [6, 6.07) is 0. The van der Waals surface area contributed by atoms with Gasteiger partial charge in [0.05, 0.1) is 6.61 Å². The molecule has 2 aliphatic rings. The topological polar surface area (TPSA) is 31.0 Å². The van der Waals surface area contributed by atoms with Gasteiger partial charge in [-0.05, 0) is 18.6 Å². The highest BCUT2D eigenvalue weighted by molar-refractivity contribution is 5.32. The van der Waals surface area contributed by atoms with Crippen LogP contribution >= 0.6 is 0 Å². The quantitative estimate of drug-likeness (QED) is 0.619. The fourth-order valence-electron chi connectivity index (χ4n) is 1.55. The zero-order valence-electron chi connectivity index (χ0n) is 7.95. The minimum atomic E-state index is -0.656. The average molecular weight is 182 g/mol. The Kier molecular flexibility index (Phi) is 2.02. The van der Waals surface area contributed by atoms with E-state index in [1.165, 1.54) is 0 Å². The van der Waals surface area contributed by atoms with Gasteiger partial charge in [0, 0.05) is 7.11 Å². The third-order valence-corrected chi connectivity index (χ3v) is 2.31. The van der Waals surface area contributed by atoms with Crippen molar-refractivity contribution >= 4 is 0 Å². The molecule has 1 saturated heterocycles. The van der Waals surface area contributed by atoms with Gasteiger partial charge in [-0.25, -0.2) is 0 Å². The Balaban J connectivity index is 2.09. The summed E-state index contributed by atoms with van der Waals surface area (Å²) in [4.78, 5) is 0. The molecule has 2 rings (SSSR count). The second-order valence-electron chi connectivity index (χ2n) is 3.21. The van der Waals surface area contributed by atoms with Crippen molar-refractivity contribution in [3.63, 3.8) is 0 Å². The summed E-state index contributed by atoms with van der Waals surface area (Å²) < 4.78 is 16.4. The Hall–Kier alpha value is -0.640. The van der Waals surface area contributed by atoms with Gasteiger partial charge in [0.2, 0.25) is 0 Å². The number of rotatable bonds is 4. The van der Waals surface area contributed by atoms with E-state index in [9.17, 15) is 0 Å². The molecule has 0 bridgehead atoms. The summed E-state index contributed by atoms with van der Waals surface area (Å²) >= 11 is 0. The molecule has 1 aliphatic carbocycles. The lowest BCUT2D eigenvalue weighted by molar-refractivity contribution is -0.0167. The molecule has 3 heteroatoms. The van der Waals surface area contributed by atoms with Crippen LogP contribution in [0, 0.1) is 0 Å². The van der Waals surface area contributed by atoms with E-state index in [0.29, 0.717) is 6.61 Å². The van der Waals surface area contributed by atoms with Crippen LogP contribution in [0.4, 0.5) is 0 Å². The van der Waals surface area contributed by atoms with Crippen LogP contribution in [0.1, 0.15) is 13.3 Å². The maximum absolute atomic E-state index is 5.60. The normalized spacial score (nSPS) is 40.5. The number of hydrogen-bond donors (Lipinski definition) is 0. The van der Waals surface area contributed by atoms with Gasteiger partial charge in [-0.15, -0.1) is 0 Å². The first-order valence-electron chi connectivity index (χ1n) is 4.55. The summed E-state index contributed by atoms with van der Waals surface area (Å²) in [6.07, 6.45) is 8.57. The monoisotopic (exact) mass is 182 g/mol. The molecule has 0 aromatic heterocycles. The first kappa shape index (κ1) is 8.94. The highest BCUT2D eigenvalue weighted by Gasteiger charge is 2.71. The first-order chi connectivity index (χ1) is 6.29. The molecule has 0 N–H and O–H groups in total. The van der Waals surface area contributed by atoms with Crippen molar-refractivity contribution in [2.75, 3.05) is 13.7 Å². The molecule has 2 atom stereocenters. The minimum absolute atomic E-state index is 0.646. The second kappa shape index (κ2) is 2.94. The maximum Gasteiger partial charge on any atom is 0.251 e. The number of epoxide rings is 1. The van der Waals surface area contributed by atoms with Crippen molar-refractivity contribution in [2.24, 2.45) is 0 Å². The second-order valence-corrected chi connectivity index (χ2v) is 3.21. The zero-order chi connectivity index (χ0) is 9.36. The highest BCUT2D eigenvalue weighted by atomic mass is 16.9. The van der Waals surface area contributed by atoms with Gasteiger partial charge < -0.3 is 9.47 Å². The van der Waals surface area contributed by atoms with Gasteiger partial charge in [-0.2, -0.15) is 0 Å². The van der Waals surface area contributed by atoms with Gasteiger partial charge in [0.25, 0.3) is 11.6 Å². The smallest absolute Gasteiger partial charge is 0.251 e. The molecule has 3 nitrogen and oxygen atoms in total. The molecular weight excluding hydrogens is 168 g/mol. The van der Waals surface area contributed by atoms with Crippen LogP contribution in [0.15, 0.2) is 24.3 Å². The minimum Gasteiger partial charge on any atom is -0.345 e. The summed E-state index contributed by atoms with van der Waals surface area (Å²) in [5, 5.41) is 0. The van der Waals surface area contributed by atoms with E-state index in [4.69, 9.17) is 14.2 Å². The first-order valence-corrected chi connectivity index (χ1v) is 4.55. The number of fused-ring (bicyclic) bond motifs is 1. The molecule has 0 radical (unpaired) electrons. The predicted octanol–water partition coefficient (Wildman–Crippen LogP) is 1.61. The van der Waals surface area contributed by atoms with Crippen LogP contribution in [-0.4, -0.2) is 25.3 Å². The fourth-order valence-corrected chi connectivity index (χ4v) is 1.55. The lowest BCUT2D eigenvalue weighted by Crippen LogP contribution is -2.28. The van der Waals surface area contributed by atoms with Crippen molar-refractivity contribution in [3.8, 4) is 0 Å². The van der Waals surface area contributed by atoms with Gasteiger partial charge in [-0.3, -0.25) is 4.74 Å². The van der Waals surface area contributed by atoms with Crippen LogP contribution in [0.2, 0.25) is 0 Å². The molecule has 0 saturated carbocycles. The molecule has 1 aliphatic heterocycles. The van der Waals surface area contributed by atoms with E-state index < -0.39 is 11.6 Å². The number of ether oxygens (including phenoxy) is 3. The molecule has 72 valence electrons. The Morgan fingerprint density at radius 1 is 1.23 bits per heavy atom. The molecule has 1 fully saturated rings. The molecule has 1 heterocycles. The molecule has 2 unspecified atom stereocenters. The van der Waals surface area contributed by atoms with Crippen molar-refractivity contribution in [3.05, 3.63) is 24.3 Å². The molecular formula is C10H14O3. The maximum atomic E-state index is 5.60. The van der Waals surface area contributed by atoms with Gasteiger partial charge in [0.1, 0.15) is 0 Å². The highest BCUT2D eigenvalue weighted by Crippen LogP contribution is 2.53. The Morgan fingerprint density at radius 3 is 2.54 bits per heavy atom. The lowest BCUT2D eigenvalue weighted by atomic mass is 10.1. The third-order valence-electron chi connectivity index (χ3n) is 2.31. The summed E-state index contributed by atoms with van der Waals surface area (Å²) in [5.74, 6) is -1.30. The standard InChI is InChI=1S/C10H14O3/c1-3-8-12-10-7-5-4-6-9(10,11-2)13-10/h4-7H,3,8H2,1-2H3. The fraction of sp³-hybridized carbons (Fsp3) is 0.600. The van der Waals surface area contributed by atoms with Crippen LogP contribution in [-0.2, 0) is 14.2 Å². The van der Waals surface area contributed by atoms with Crippen molar-refractivity contribution in [1.29, 1.82) is 0 Å². The van der Waals surface area contributed by atoms with Crippen molar-refractivity contribution < 1.29 is 14.2 Å². The Labute approximate surface area is 78.0 Å². The van der Waals surface area contributed by atoms with E-state index in [-0.39, 0.29) is 0 Å². The van der Waals surface area contributed by atoms with Crippen molar-refractivity contribution in [2.45, 2.75) is 24.9 Å².